The number of benzene rings is 3. The summed E-state index contributed by atoms with van der Waals surface area (Å²) in [6.45, 7) is 2.02. The highest BCUT2D eigenvalue weighted by atomic mass is 32.1. The summed E-state index contributed by atoms with van der Waals surface area (Å²) in [5.41, 5.74) is 2.12. The molecule has 170 valence electrons. The van der Waals surface area contributed by atoms with E-state index in [1.54, 1.807) is 17.7 Å². The van der Waals surface area contributed by atoms with Crippen LogP contribution in [0.25, 0.3) is 26.3 Å². The average Bonchev–Trinajstić information content (AvgIpc) is 3.44. The highest BCUT2D eigenvalue weighted by molar-refractivity contribution is 7.80. The van der Waals surface area contributed by atoms with Crippen molar-refractivity contribution in [2.75, 3.05) is 12.4 Å². The number of methoxy groups -OCH3 is 1. The Morgan fingerprint density at radius 3 is 2.53 bits per heavy atom. The van der Waals surface area contributed by atoms with E-state index in [2.05, 4.69) is 25.9 Å². The van der Waals surface area contributed by atoms with Crippen molar-refractivity contribution < 1.29 is 9.53 Å². The lowest BCUT2D eigenvalue weighted by Crippen LogP contribution is -2.34. The van der Waals surface area contributed by atoms with Crippen LogP contribution in [0.2, 0.25) is 0 Å². The number of rotatable bonds is 5. The highest BCUT2D eigenvalue weighted by Crippen LogP contribution is 2.27. The number of nitrogens with zero attached hydrogens (tertiary/aromatic N) is 4. The van der Waals surface area contributed by atoms with Crippen LogP contribution in [0.15, 0.2) is 60.7 Å². The molecular weight excluding hydrogens is 468 g/mol. The number of carbonyl (C=O) groups excluding carboxylic acids is 1. The number of nitrogens with one attached hydrogen (secondary N) is 2. The molecule has 0 fully saturated rings. The van der Waals surface area contributed by atoms with Gasteiger partial charge in [0, 0.05) is 17.7 Å². The molecule has 0 aliphatic carbocycles. The number of fused-ring (bicyclic) bond motifs is 2. The summed E-state index contributed by atoms with van der Waals surface area (Å²) < 4.78 is 7.20. The molecule has 1 amide bonds. The van der Waals surface area contributed by atoms with Crippen LogP contribution in [0.4, 0.5) is 5.69 Å². The smallest absolute Gasteiger partial charge is 0.261 e. The molecule has 0 aliphatic heterocycles. The van der Waals surface area contributed by atoms with Crippen LogP contribution in [0.5, 0.6) is 5.75 Å². The van der Waals surface area contributed by atoms with Crippen LogP contribution < -0.4 is 15.4 Å². The minimum Gasteiger partial charge on any atom is -0.496 e. The van der Waals surface area contributed by atoms with E-state index in [4.69, 9.17) is 17.0 Å². The number of ether oxygens (including phenoxy) is 1. The monoisotopic (exact) mass is 488 g/mol. The van der Waals surface area contributed by atoms with E-state index >= 15 is 0 Å². The molecule has 0 saturated heterocycles. The van der Waals surface area contributed by atoms with Crippen molar-refractivity contribution >= 4 is 56.0 Å². The SMILES string of the molecule is CCc1nnc2sc(-c3ccc(NC(=S)NC(=O)c4cc5ccccc5cc4OC)cc3)nn12. The Kier molecular flexibility index (Phi) is 5.91. The molecule has 5 rings (SSSR count). The summed E-state index contributed by atoms with van der Waals surface area (Å²) in [7, 11) is 1.54. The van der Waals surface area contributed by atoms with Gasteiger partial charge in [0.1, 0.15) is 10.8 Å². The topological polar surface area (TPSA) is 93.4 Å². The summed E-state index contributed by atoms with van der Waals surface area (Å²) in [6, 6.07) is 19.1. The van der Waals surface area contributed by atoms with Crippen molar-refractivity contribution in [3.8, 4) is 16.3 Å². The number of thiocarbonyl (C=S) groups is 1. The van der Waals surface area contributed by atoms with Crippen molar-refractivity contribution in [3.05, 3.63) is 72.1 Å². The van der Waals surface area contributed by atoms with Crippen LogP contribution >= 0.6 is 23.6 Å². The Bertz CT molecular complexity index is 1520. The lowest BCUT2D eigenvalue weighted by atomic mass is 10.1. The second-order valence-corrected chi connectivity index (χ2v) is 8.82. The van der Waals surface area contributed by atoms with Gasteiger partial charge in [0.15, 0.2) is 10.9 Å². The summed E-state index contributed by atoms with van der Waals surface area (Å²) in [6.07, 6.45) is 0.765. The summed E-state index contributed by atoms with van der Waals surface area (Å²) in [5, 5.41) is 21.7. The minimum atomic E-state index is -0.344. The predicted molar refractivity (Wildman–Crippen MR) is 138 cm³/mol. The first kappa shape index (κ1) is 21.9. The molecular formula is C24H20N6O2S2. The molecule has 0 spiro atoms. The summed E-state index contributed by atoms with van der Waals surface area (Å²) >= 11 is 6.84. The maximum atomic E-state index is 12.9. The third kappa shape index (κ3) is 4.20. The highest BCUT2D eigenvalue weighted by Gasteiger charge is 2.16. The van der Waals surface area contributed by atoms with Gasteiger partial charge in [-0.15, -0.1) is 10.2 Å². The second kappa shape index (κ2) is 9.16. The number of aromatic nitrogens is 4. The Labute approximate surface area is 204 Å². The molecule has 0 aliphatic rings. The van der Waals surface area contributed by atoms with Crippen molar-refractivity contribution in [2.45, 2.75) is 13.3 Å². The van der Waals surface area contributed by atoms with Crippen LogP contribution in [0.1, 0.15) is 23.1 Å². The fraction of sp³-hybridized carbons (Fsp3) is 0.125. The van der Waals surface area contributed by atoms with Crippen molar-refractivity contribution in [2.24, 2.45) is 0 Å². The Morgan fingerprint density at radius 2 is 1.82 bits per heavy atom. The molecule has 0 bridgehead atoms. The third-order valence-corrected chi connectivity index (χ3v) is 6.45. The minimum absolute atomic E-state index is 0.194. The second-order valence-electron chi connectivity index (χ2n) is 7.46. The normalized spacial score (nSPS) is 11.0. The number of anilines is 1. The molecule has 0 radical (unpaired) electrons. The van der Waals surface area contributed by atoms with Crippen molar-refractivity contribution in [1.29, 1.82) is 0 Å². The van der Waals surface area contributed by atoms with Gasteiger partial charge in [-0.1, -0.05) is 42.5 Å². The van der Waals surface area contributed by atoms with Crippen LogP contribution in [0.3, 0.4) is 0 Å². The van der Waals surface area contributed by atoms with Crippen LogP contribution in [-0.4, -0.2) is 37.9 Å². The molecule has 8 nitrogen and oxygen atoms in total. The maximum Gasteiger partial charge on any atom is 0.261 e. The van der Waals surface area contributed by atoms with Crippen LogP contribution in [-0.2, 0) is 6.42 Å². The van der Waals surface area contributed by atoms with E-state index in [1.165, 1.54) is 11.3 Å². The van der Waals surface area contributed by atoms with E-state index in [1.807, 2.05) is 61.5 Å². The Hall–Kier alpha value is -3.89. The fourth-order valence-electron chi connectivity index (χ4n) is 3.59. The molecule has 34 heavy (non-hydrogen) atoms. The maximum absolute atomic E-state index is 12.9. The molecule has 0 atom stereocenters. The quantitative estimate of drug-likeness (QED) is 0.346. The van der Waals surface area contributed by atoms with E-state index < -0.39 is 0 Å². The van der Waals surface area contributed by atoms with Gasteiger partial charge in [0.2, 0.25) is 4.96 Å². The Balaban J connectivity index is 1.28. The van der Waals surface area contributed by atoms with Gasteiger partial charge in [0.05, 0.1) is 12.7 Å². The molecule has 3 aromatic carbocycles. The molecule has 0 saturated carbocycles. The zero-order valence-corrected chi connectivity index (χ0v) is 20.0. The number of aryl methyl sites for hydroxylation is 1. The fourth-order valence-corrected chi connectivity index (χ4v) is 4.66. The summed E-state index contributed by atoms with van der Waals surface area (Å²) in [5.74, 6) is 0.975. The van der Waals surface area contributed by atoms with Gasteiger partial charge in [-0.3, -0.25) is 10.1 Å². The number of amides is 1. The lowest BCUT2D eigenvalue weighted by Gasteiger charge is -2.13. The van der Waals surface area contributed by atoms with Gasteiger partial charge < -0.3 is 10.1 Å². The molecule has 0 unspecified atom stereocenters. The predicted octanol–water partition coefficient (Wildman–Crippen LogP) is 4.70. The van der Waals surface area contributed by atoms with E-state index in [-0.39, 0.29) is 11.0 Å². The standard InChI is InChI=1S/C24H20N6O2S2/c1-3-20-27-28-24-30(20)29-22(34-24)14-8-10-17(11-9-14)25-23(33)26-21(31)18-12-15-6-4-5-7-16(15)13-19(18)32-2/h4-13H,3H2,1-2H3,(H2,25,26,31,33). The van der Waals surface area contributed by atoms with Crippen LogP contribution in [0, 0.1) is 0 Å². The number of hydrogen-bond donors (Lipinski definition) is 2. The number of hydrogen-bond acceptors (Lipinski definition) is 7. The van der Waals surface area contributed by atoms with Crippen molar-refractivity contribution in [3.63, 3.8) is 0 Å². The largest absolute Gasteiger partial charge is 0.496 e. The van der Waals surface area contributed by atoms with Crippen molar-refractivity contribution in [1.82, 2.24) is 25.1 Å². The third-order valence-electron chi connectivity index (χ3n) is 5.30. The average molecular weight is 489 g/mol. The van der Waals surface area contributed by atoms with E-state index in [0.717, 1.165) is 44.2 Å². The summed E-state index contributed by atoms with van der Waals surface area (Å²) in [4.78, 5) is 13.6. The van der Waals surface area contributed by atoms with Gasteiger partial charge >= 0.3 is 0 Å². The molecule has 5 aromatic rings. The zero-order chi connectivity index (χ0) is 23.7. The van der Waals surface area contributed by atoms with Gasteiger partial charge in [-0.25, -0.2) is 0 Å². The Morgan fingerprint density at radius 1 is 1.09 bits per heavy atom. The van der Waals surface area contributed by atoms with E-state index in [0.29, 0.717) is 11.3 Å². The first-order valence-corrected chi connectivity index (χ1v) is 11.8. The first-order chi connectivity index (χ1) is 16.6. The molecule has 10 heteroatoms. The van der Waals surface area contributed by atoms with E-state index in [9.17, 15) is 4.79 Å². The molecule has 2 heterocycles. The van der Waals surface area contributed by atoms with Gasteiger partial charge in [0.25, 0.3) is 5.91 Å². The lowest BCUT2D eigenvalue weighted by molar-refractivity contribution is 0.0975. The first-order valence-electron chi connectivity index (χ1n) is 10.6. The molecule has 2 N–H and O–H groups in total. The van der Waals surface area contributed by atoms with Gasteiger partial charge in [-0.05, 0) is 59.4 Å². The zero-order valence-electron chi connectivity index (χ0n) is 18.4. The van der Waals surface area contributed by atoms with Gasteiger partial charge in [-0.2, -0.15) is 9.61 Å². The molecule has 2 aromatic heterocycles. The number of carbonyl (C=O) groups is 1.